The van der Waals surface area contributed by atoms with E-state index in [0.717, 1.165) is 5.56 Å². The van der Waals surface area contributed by atoms with E-state index in [1.165, 1.54) is 6.07 Å². The summed E-state index contributed by atoms with van der Waals surface area (Å²) in [5, 5.41) is 5.72. The number of amides is 2. The predicted molar refractivity (Wildman–Crippen MR) is 112 cm³/mol. The van der Waals surface area contributed by atoms with Crippen molar-refractivity contribution in [1.29, 1.82) is 0 Å². The topological polar surface area (TPSA) is 58.2 Å². The molecular formula is C24H23FN2O2. The summed E-state index contributed by atoms with van der Waals surface area (Å²) in [6.45, 7) is 1.91. The first kappa shape index (κ1) is 20.3. The van der Waals surface area contributed by atoms with Gasteiger partial charge in [-0.1, -0.05) is 60.7 Å². The Bertz CT molecular complexity index is 989. The van der Waals surface area contributed by atoms with Gasteiger partial charge in [0.1, 0.15) is 5.82 Å². The van der Waals surface area contributed by atoms with Crippen molar-refractivity contribution in [3.63, 3.8) is 0 Å². The summed E-state index contributed by atoms with van der Waals surface area (Å²) in [5.41, 5.74) is 2.30. The second-order valence-electron chi connectivity index (χ2n) is 6.79. The average Bonchev–Trinajstić information content (AvgIpc) is 2.74. The lowest BCUT2D eigenvalue weighted by molar-refractivity contribution is -0.116. The maximum atomic E-state index is 13.7. The number of aryl methyl sites for hydroxylation is 1. The van der Waals surface area contributed by atoms with Crippen LogP contribution in [0.4, 0.5) is 10.1 Å². The molecule has 0 aliphatic heterocycles. The summed E-state index contributed by atoms with van der Waals surface area (Å²) in [4.78, 5) is 25.1. The highest BCUT2D eigenvalue weighted by molar-refractivity contribution is 6.03. The molecule has 1 atom stereocenters. The molecule has 5 heteroatoms. The molecule has 0 bridgehead atoms. The molecule has 2 amide bonds. The number of hydrogen-bond acceptors (Lipinski definition) is 2. The van der Waals surface area contributed by atoms with E-state index in [9.17, 15) is 14.0 Å². The summed E-state index contributed by atoms with van der Waals surface area (Å²) < 4.78 is 13.7. The van der Waals surface area contributed by atoms with Crippen molar-refractivity contribution >= 4 is 17.5 Å². The van der Waals surface area contributed by atoms with E-state index in [2.05, 4.69) is 10.6 Å². The van der Waals surface area contributed by atoms with Crippen molar-refractivity contribution in [1.82, 2.24) is 5.32 Å². The highest BCUT2D eigenvalue weighted by Gasteiger charge is 2.16. The van der Waals surface area contributed by atoms with Crippen LogP contribution in [0.15, 0.2) is 78.9 Å². The molecule has 0 spiro atoms. The van der Waals surface area contributed by atoms with Crippen LogP contribution in [-0.2, 0) is 11.2 Å². The molecule has 0 aliphatic rings. The molecule has 0 heterocycles. The Labute approximate surface area is 169 Å². The van der Waals surface area contributed by atoms with E-state index < -0.39 is 0 Å². The van der Waals surface area contributed by atoms with Crippen molar-refractivity contribution in [2.75, 3.05) is 5.32 Å². The van der Waals surface area contributed by atoms with Crippen LogP contribution in [0.5, 0.6) is 0 Å². The Morgan fingerprint density at radius 3 is 2.31 bits per heavy atom. The highest BCUT2D eigenvalue weighted by Crippen LogP contribution is 2.18. The molecular weight excluding hydrogens is 367 g/mol. The van der Waals surface area contributed by atoms with Crippen molar-refractivity contribution in [2.45, 2.75) is 25.8 Å². The van der Waals surface area contributed by atoms with Crippen LogP contribution in [0.3, 0.4) is 0 Å². The zero-order chi connectivity index (χ0) is 20.6. The van der Waals surface area contributed by atoms with E-state index in [4.69, 9.17) is 0 Å². The van der Waals surface area contributed by atoms with Crippen LogP contribution in [0, 0.1) is 5.82 Å². The molecule has 4 nitrogen and oxygen atoms in total. The molecule has 0 fully saturated rings. The number of halogens is 1. The minimum absolute atomic E-state index is 0.122. The smallest absolute Gasteiger partial charge is 0.253 e. The summed E-state index contributed by atoms with van der Waals surface area (Å²) in [6.07, 6.45) is 0.412. The molecule has 0 radical (unpaired) electrons. The Kier molecular flexibility index (Phi) is 6.74. The van der Waals surface area contributed by atoms with Crippen LogP contribution in [-0.4, -0.2) is 11.8 Å². The number of carbonyl (C=O) groups is 2. The lowest BCUT2D eigenvalue weighted by atomic mass is 10.1. The molecule has 3 aromatic rings. The SMILES string of the molecule is C[C@H](NC(=O)c1ccccc1NC(=O)CCc1ccccc1F)c1ccccc1. The van der Waals surface area contributed by atoms with Gasteiger partial charge in [0, 0.05) is 6.42 Å². The maximum absolute atomic E-state index is 13.7. The number of hydrogen-bond donors (Lipinski definition) is 2. The van der Waals surface area contributed by atoms with Crippen LogP contribution in [0.25, 0.3) is 0 Å². The third-order valence-corrected chi connectivity index (χ3v) is 4.67. The lowest BCUT2D eigenvalue weighted by Crippen LogP contribution is -2.28. The molecule has 0 aromatic heterocycles. The largest absolute Gasteiger partial charge is 0.345 e. The van der Waals surface area contributed by atoms with Gasteiger partial charge in [-0.15, -0.1) is 0 Å². The fourth-order valence-corrected chi connectivity index (χ4v) is 3.05. The molecule has 148 valence electrons. The highest BCUT2D eigenvalue weighted by atomic mass is 19.1. The normalized spacial score (nSPS) is 11.5. The van der Waals surface area contributed by atoms with Gasteiger partial charge in [0.05, 0.1) is 17.3 Å². The van der Waals surface area contributed by atoms with Gasteiger partial charge >= 0.3 is 0 Å². The lowest BCUT2D eigenvalue weighted by Gasteiger charge is -2.16. The van der Waals surface area contributed by atoms with Gasteiger partial charge in [0.15, 0.2) is 0 Å². The molecule has 0 saturated heterocycles. The van der Waals surface area contributed by atoms with Crippen LogP contribution < -0.4 is 10.6 Å². The van der Waals surface area contributed by atoms with Crippen LogP contribution >= 0.6 is 0 Å². The molecule has 3 rings (SSSR count). The monoisotopic (exact) mass is 390 g/mol. The van der Waals surface area contributed by atoms with Crippen molar-refractivity contribution < 1.29 is 14.0 Å². The van der Waals surface area contributed by atoms with E-state index in [1.54, 1.807) is 42.5 Å². The molecule has 29 heavy (non-hydrogen) atoms. The number of para-hydroxylation sites is 1. The zero-order valence-electron chi connectivity index (χ0n) is 16.2. The fraction of sp³-hybridized carbons (Fsp3) is 0.167. The second kappa shape index (κ2) is 9.64. The third kappa shape index (κ3) is 5.51. The third-order valence-electron chi connectivity index (χ3n) is 4.67. The summed E-state index contributed by atoms with van der Waals surface area (Å²) in [6, 6.07) is 22.7. The van der Waals surface area contributed by atoms with Crippen LogP contribution in [0.2, 0.25) is 0 Å². The maximum Gasteiger partial charge on any atom is 0.253 e. The van der Waals surface area contributed by atoms with Gasteiger partial charge in [-0.2, -0.15) is 0 Å². The van der Waals surface area contributed by atoms with E-state index in [0.29, 0.717) is 16.8 Å². The van der Waals surface area contributed by atoms with Crippen LogP contribution in [0.1, 0.15) is 40.9 Å². The van der Waals surface area contributed by atoms with Gasteiger partial charge < -0.3 is 10.6 Å². The van der Waals surface area contributed by atoms with E-state index in [-0.39, 0.29) is 36.5 Å². The van der Waals surface area contributed by atoms with Crippen molar-refractivity contribution in [3.05, 3.63) is 101 Å². The zero-order valence-corrected chi connectivity index (χ0v) is 16.2. The van der Waals surface area contributed by atoms with Crippen molar-refractivity contribution in [3.8, 4) is 0 Å². The van der Waals surface area contributed by atoms with Gasteiger partial charge in [-0.05, 0) is 42.7 Å². The number of carbonyl (C=O) groups excluding carboxylic acids is 2. The first-order valence-electron chi connectivity index (χ1n) is 9.52. The summed E-state index contributed by atoms with van der Waals surface area (Å²) in [5.74, 6) is -0.869. The summed E-state index contributed by atoms with van der Waals surface area (Å²) >= 11 is 0. The molecule has 3 aromatic carbocycles. The Morgan fingerprint density at radius 2 is 1.55 bits per heavy atom. The van der Waals surface area contributed by atoms with Gasteiger partial charge in [-0.25, -0.2) is 4.39 Å². The first-order chi connectivity index (χ1) is 14.0. The Morgan fingerprint density at radius 1 is 0.897 bits per heavy atom. The minimum Gasteiger partial charge on any atom is -0.345 e. The predicted octanol–water partition coefficient (Wildman–Crippen LogP) is 4.89. The first-order valence-corrected chi connectivity index (χ1v) is 9.52. The second-order valence-corrected chi connectivity index (χ2v) is 6.79. The van der Waals surface area contributed by atoms with E-state index >= 15 is 0 Å². The molecule has 2 N–H and O–H groups in total. The number of anilines is 1. The fourth-order valence-electron chi connectivity index (χ4n) is 3.05. The number of rotatable bonds is 7. The summed E-state index contributed by atoms with van der Waals surface area (Å²) in [7, 11) is 0. The number of nitrogens with one attached hydrogen (secondary N) is 2. The average molecular weight is 390 g/mol. The standard InChI is InChI=1S/C24H23FN2O2/c1-17(18-9-3-2-4-10-18)26-24(29)20-12-6-8-14-22(20)27-23(28)16-15-19-11-5-7-13-21(19)25/h2-14,17H,15-16H2,1H3,(H,26,29)(H,27,28)/t17-/m0/s1. The Balaban J connectivity index is 1.64. The van der Waals surface area contributed by atoms with Crippen molar-refractivity contribution in [2.24, 2.45) is 0 Å². The number of benzene rings is 3. The van der Waals surface area contributed by atoms with Gasteiger partial charge in [0.25, 0.3) is 5.91 Å². The minimum atomic E-state index is -0.324. The van der Waals surface area contributed by atoms with E-state index in [1.807, 2.05) is 37.3 Å². The van der Waals surface area contributed by atoms with Gasteiger partial charge in [0.2, 0.25) is 5.91 Å². The molecule has 0 unspecified atom stereocenters. The quantitative estimate of drug-likeness (QED) is 0.604. The van der Waals surface area contributed by atoms with Gasteiger partial charge in [-0.3, -0.25) is 9.59 Å². The Hall–Kier alpha value is -3.47. The molecule has 0 aliphatic carbocycles. The molecule has 0 saturated carbocycles.